The van der Waals surface area contributed by atoms with E-state index in [1.165, 1.54) is 11.3 Å². The number of nitrogens with zero attached hydrogens (tertiary/aromatic N) is 1. The lowest BCUT2D eigenvalue weighted by Gasteiger charge is -2.15. The number of phenols is 1. The largest absolute Gasteiger partial charge is 0.505 e. The summed E-state index contributed by atoms with van der Waals surface area (Å²) in [5.41, 5.74) is 1.86. The van der Waals surface area contributed by atoms with E-state index >= 15 is 0 Å². The molecular formula is C19H29N3O3. The van der Waals surface area contributed by atoms with Gasteiger partial charge in [-0.15, -0.1) is 0 Å². The highest BCUT2D eigenvalue weighted by atomic mass is 16.3. The molecule has 1 aliphatic rings. The SMILES string of the molecule is CCC.CCNC1=C(Nc2cccc(C(=O)N(C)C)c2O)C(=O)CC1. The summed E-state index contributed by atoms with van der Waals surface area (Å²) in [6.45, 7) is 6.93. The van der Waals surface area contributed by atoms with Crippen LogP contribution in [0.3, 0.4) is 0 Å². The maximum atomic E-state index is 12.0. The van der Waals surface area contributed by atoms with Gasteiger partial charge in [-0.2, -0.15) is 0 Å². The van der Waals surface area contributed by atoms with Crippen molar-refractivity contribution in [3.63, 3.8) is 0 Å². The van der Waals surface area contributed by atoms with Gasteiger partial charge in [-0.25, -0.2) is 0 Å². The third-order valence-electron chi connectivity index (χ3n) is 3.51. The molecule has 0 atom stereocenters. The minimum absolute atomic E-state index is 0.000288. The number of phenolic OH excluding ortho intramolecular Hbond substituents is 1. The van der Waals surface area contributed by atoms with Gasteiger partial charge in [0.25, 0.3) is 5.91 Å². The number of allylic oxidation sites excluding steroid dienone is 2. The zero-order valence-corrected chi connectivity index (χ0v) is 15.8. The number of benzene rings is 1. The van der Waals surface area contributed by atoms with Crippen LogP contribution >= 0.6 is 0 Å². The van der Waals surface area contributed by atoms with Crippen LogP contribution in [0.1, 0.15) is 50.4 Å². The van der Waals surface area contributed by atoms with Crippen LogP contribution in [0.5, 0.6) is 5.75 Å². The normalized spacial score (nSPS) is 13.2. The molecule has 1 aromatic carbocycles. The van der Waals surface area contributed by atoms with Crippen LogP contribution in [-0.4, -0.2) is 42.3 Å². The van der Waals surface area contributed by atoms with E-state index in [0.717, 1.165) is 12.2 Å². The average molecular weight is 347 g/mol. The Kier molecular flexibility index (Phi) is 7.98. The zero-order chi connectivity index (χ0) is 19.0. The van der Waals surface area contributed by atoms with Crippen molar-refractivity contribution >= 4 is 17.4 Å². The number of para-hydroxylation sites is 1. The number of ketones is 1. The van der Waals surface area contributed by atoms with E-state index in [9.17, 15) is 14.7 Å². The molecule has 138 valence electrons. The molecule has 3 N–H and O–H groups in total. The molecule has 6 heteroatoms. The highest BCUT2D eigenvalue weighted by Crippen LogP contribution is 2.31. The molecule has 1 amide bonds. The molecule has 2 rings (SSSR count). The fourth-order valence-electron chi connectivity index (χ4n) is 2.38. The Balaban J connectivity index is 0.000000970. The van der Waals surface area contributed by atoms with Crippen molar-refractivity contribution in [1.29, 1.82) is 0 Å². The minimum Gasteiger partial charge on any atom is -0.505 e. The molecule has 0 heterocycles. The van der Waals surface area contributed by atoms with Gasteiger partial charge in [0.05, 0.1) is 11.3 Å². The number of Topliss-reactive ketones (excluding diaryl/α,β-unsaturated/α-hetero) is 1. The van der Waals surface area contributed by atoms with Gasteiger partial charge in [-0.05, 0) is 25.5 Å². The van der Waals surface area contributed by atoms with E-state index in [0.29, 0.717) is 24.2 Å². The number of nitrogens with one attached hydrogen (secondary N) is 2. The van der Waals surface area contributed by atoms with Crippen molar-refractivity contribution in [2.45, 2.75) is 40.0 Å². The Morgan fingerprint density at radius 1 is 1.20 bits per heavy atom. The smallest absolute Gasteiger partial charge is 0.257 e. The highest BCUT2D eigenvalue weighted by molar-refractivity contribution is 6.03. The van der Waals surface area contributed by atoms with Crippen LogP contribution in [0.2, 0.25) is 0 Å². The Bertz CT molecular complexity index is 651. The second-order valence-electron chi connectivity index (χ2n) is 6.04. The van der Waals surface area contributed by atoms with Crippen LogP contribution in [0.4, 0.5) is 5.69 Å². The van der Waals surface area contributed by atoms with Crippen LogP contribution in [-0.2, 0) is 4.79 Å². The van der Waals surface area contributed by atoms with Gasteiger partial charge < -0.3 is 20.6 Å². The molecule has 0 saturated carbocycles. The number of rotatable bonds is 5. The molecule has 0 radical (unpaired) electrons. The topological polar surface area (TPSA) is 81.7 Å². The van der Waals surface area contributed by atoms with Crippen LogP contribution in [0.25, 0.3) is 0 Å². The molecule has 0 aromatic heterocycles. The lowest BCUT2D eigenvalue weighted by atomic mass is 10.1. The minimum atomic E-state index is -0.292. The summed E-state index contributed by atoms with van der Waals surface area (Å²) < 4.78 is 0. The van der Waals surface area contributed by atoms with Crippen molar-refractivity contribution in [3.8, 4) is 5.75 Å². The molecule has 1 aliphatic carbocycles. The summed E-state index contributed by atoms with van der Waals surface area (Å²) in [6, 6.07) is 4.87. The molecule has 0 bridgehead atoms. The summed E-state index contributed by atoms with van der Waals surface area (Å²) in [6.07, 6.45) is 2.35. The number of aromatic hydroxyl groups is 1. The van der Waals surface area contributed by atoms with E-state index in [1.807, 2.05) is 6.92 Å². The molecule has 25 heavy (non-hydrogen) atoms. The average Bonchev–Trinajstić information content (AvgIpc) is 2.90. The molecule has 1 aromatic rings. The van der Waals surface area contributed by atoms with E-state index in [2.05, 4.69) is 24.5 Å². The first-order valence-electron chi connectivity index (χ1n) is 8.68. The van der Waals surface area contributed by atoms with E-state index in [-0.39, 0.29) is 23.0 Å². The number of hydrogen-bond donors (Lipinski definition) is 3. The summed E-state index contributed by atoms with van der Waals surface area (Å²) in [5, 5.41) is 16.4. The molecule has 0 unspecified atom stereocenters. The van der Waals surface area contributed by atoms with Gasteiger partial charge in [0.15, 0.2) is 11.5 Å². The van der Waals surface area contributed by atoms with Gasteiger partial charge in [-0.1, -0.05) is 26.3 Å². The van der Waals surface area contributed by atoms with Gasteiger partial charge in [0, 0.05) is 32.8 Å². The summed E-state index contributed by atoms with van der Waals surface area (Å²) in [7, 11) is 3.24. The number of hydrogen-bond acceptors (Lipinski definition) is 5. The predicted octanol–water partition coefficient (Wildman–Crippen LogP) is 3.11. The van der Waals surface area contributed by atoms with Crippen molar-refractivity contribution in [3.05, 3.63) is 35.2 Å². The Morgan fingerprint density at radius 3 is 2.40 bits per heavy atom. The van der Waals surface area contributed by atoms with Crippen LogP contribution < -0.4 is 10.6 Å². The van der Waals surface area contributed by atoms with Crippen molar-refractivity contribution in [2.24, 2.45) is 0 Å². The second kappa shape index (κ2) is 9.71. The van der Waals surface area contributed by atoms with Crippen molar-refractivity contribution in [1.82, 2.24) is 10.2 Å². The Hall–Kier alpha value is -2.50. The maximum absolute atomic E-state index is 12.0. The second-order valence-corrected chi connectivity index (χ2v) is 6.04. The first-order chi connectivity index (χ1) is 11.9. The molecule has 0 saturated heterocycles. The lowest BCUT2D eigenvalue weighted by molar-refractivity contribution is -0.114. The fraction of sp³-hybridized carbons (Fsp3) is 0.474. The monoisotopic (exact) mass is 347 g/mol. The number of carbonyl (C=O) groups excluding carboxylic acids is 2. The first kappa shape index (κ1) is 20.5. The highest BCUT2D eigenvalue weighted by Gasteiger charge is 2.24. The van der Waals surface area contributed by atoms with Gasteiger partial charge in [0.2, 0.25) is 0 Å². The summed E-state index contributed by atoms with van der Waals surface area (Å²) in [4.78, 5) is 25.4. The molecule has 6 nitrogen and oxygen atoms in total. The standard InChI is InChI=1S/C16H21N3O3.C3H8/c1-4-17-11-8-9-13(20)14(11)18-12-7-5-6-10(15(12)21)16(22)19(2)3;1-3-2/h5-7,17-18,21H,4,8-9H2,1-3H3;3H2,1-2H3. The third kappa shape index (κ3) is 5.24. The zero-order valence-electron chi connectivity index (χ0n) is 15.8. The van der Waals surface area contributed by atoms with Gasteiger partial charge in [-0.3, -0.25) is 9.59 Å². The van der Waals surface area contributed by atoms with Crippen molar-refractivity contribution < 1.29 is 14.7 Å². The Labute approximate surface area is 149 Å². The predicted molar refractivity (Wildman–Crippen MR) is 101 cm³/mol. The molecule has 0 aliphatic heterocycles. The van der Waals surface area contributed by atoms with E-state index in [1.54, 1.807) is 32.3 Å². The lowest BCUT2D eigenvalue weighted by Crippen LogP contribution is -2.22. The molecule has 0 spiro atoms. The van der Waals surface area contributed by atoms with Gasteiger partial charge >= 0.3 is 0 Å². The number of amides is 1. The molecule has 0 fully saturated rings. The number of anilines is 1. The first-order valence-corrected chi connectivity index (χ1v) is 8.68. The fourth-order valence-corrected chi connectivity index (χ4v) is 2.38. The summed E-state index contributed by atoms with van der Waals surface area (Å²) in [5.74, 6) is -0.441. The molecular weight excluding hydrogens is 318 g/mol. The quantitative estimate of drug-likeness (QED) is 0.713. The Morgan fingerprint density at radius 2 is 1.84 bits per heavy atom. The maximum Gasteiger partial charge on any atom is 0.257 e. The van der Waals surface area contributed by atoms with E-state index < -0.39 is 0 Å². The van der Waals surface area contributed by atoms with Crippen LogP contribution in [0.15, 0.2) is 29.6 Å². The van der Waals surface area contributed by atoms with Gasteiger partial charge in [0.1, 0.15) is 5.70 Å². The van der Waals surface area contributed by atoms with Crippen LogP contribution in [0, 0.1) is 0 Å². The number of carbonyl (C=O) groups is 2. The summed E-state index contributed by atoms with van der Waals surface area (Å²) >= 11 is 0. The third-order valence-corrected chi connectivity index (χ3v) is 3.51. The van der Waals surface area contributed by atoms with E-state index in [4.69, 9.17) is 0 Å². The van der Waals surface area contributed by atoms with Crippen molar-refractivity contribution in [2.75, 3.05) is 26.0 Å².